The molecule has 0 bridgehead atoms. The van der Waals surface area contributed by atoms with Crippen molar-refractivity contribution in [3.8, 4) is 0 Å². The van der Waals surface area contributed by atoms with Gasteiger partial charge >= 0.3 is 37.4 Å². The summed E-state index contributed by atoms with van der Waals surface area (Å²) in [5.41, 5.74) is 0. The standard InChI is InChI=1S/C10H7.Na.H3O4P.H2O/c1-2-6-10-8-4-3-7-9(10)5-1;;1-5(2,3)4;/h1-7H;;(H3,1,2,3,4);1H2/q-1;+1;;. The molecule has 0 aliphatic carbocycles. The average molecular weight is 266 g/mol. The molecule has 2 aromatic rings. The Labute approximate surface area is 121 Å². The zero-order valence-corrected chi connectivity index (χ0v) is 12.1. The van der Waals surface area contributed by atoms with Crippen molar-refractivity contribution in [1.29, 1.82) is 0 Å². The fraction of sp³-hybridized carbons (Fsp3) is 0. The first-order chi connectivity index (χ1) is 6.97. The molecule has 0 fully saturated rings. The van der Waals surface area contributed by atoms with Gasteiger partial charge in [0, 0.05) is 0 Å². The second-order valence-electron chi connectivity index (χ2n) is 2.77. The second kappa shape index (κ2) is 8.80. The smallest absolute Gasteiger partial charge is 0.412 e. The van der Waals surface area contributed by atoms with Crippen LogP contribution in [0.15, 0.2) is 42.5 Å². The SMILES string of the molecule is O.O=P(O)(O)O.[Na+].[c-]1cccc2ccccc12. The Hall–Kier alpha value is -0.230. The summed E-state index contributed by atoms with van der Waals surface area (Å²) in [6.07, 6.45) is 0. The molecule has 0 heterocycles. The molecule has 88 valence electrons. The fourth-order valence-electron chi connectivity index (χ4n) is 1.06. The Kier molecular flexibility index (Phi) is 9.90. The number of rotatable bonds is 0. The summed E-state index contributed by atoms with van der Waals surface area (Å²) in [6.45, 7) is 0. The van der Waals surface area contributed by atoms with Gasteiger partial charge < -0.3 is 20.2 Å². The van der Waals surface area contributed by atoms with Gasteiger partial charge in [-0.2, -0.15) is 0 Å². The molecule has 0 amide bonds. The van der Waals surface area contributed by atoms with Gasteiger partial charge in [0.1, 0.15) is 0 Å². The Morgan fingerprint density at radius 3 is 2.00 bits per heavy atom. The van der Waals surface area contributed by atoms with Crippen LogP contribution in [0, 0.1) is 6.07 Å². The topological polar surface area (TPSA) is 109 Å². The van der Waals surface area contributed by atoms with Crippen molar-refractivity contribution < 1.29 is 54.3 Å². The van der Waals surface area contributed by atoms with Crippen LogP contribution >= 0.6 is 7.82 Å². The van der Waals surface area contributed by atoms with E-state index >= 15 is 0 Å². The van der Waals surface area contributed by atoms with E-state index in [2.05, 4.69) is 24.3 Å². The molecule has 5 nitrogen and oxygen atoms in total. The van der Waals surface area contributed by atoms with E-state index in [0.29, 0.717) is 0 Å². The van der Waals surface area contributed by atoms with Crippen LogP contribution in [0.25, 0.3) is 10.8 Å². The average Bonchev–Trinajstić information content (AvgIpc) is 2.16. The Morgan fingerprint density at radius 1 is 1.00 bits per heavy atom. The molecule has 0 aliphatic rings. The van der Waals surface area contributed by atoms with Crippen LogP contribution in [0.4, 0.5) is 0 Å². The molecule has 0 aliphatic heterocycles. The summed E-state index contributed by atoms with van der Waals surface area (Å²) in [7, 11) is -4.64. The van der Waals surface area contributed by atoms with Crippen molar-refractivity contribution in [2.45, 2.75) is 0 Å². The fourth-order valence-corrected chi connectivity index (χ4v) is 1.06. The Bertz CT molecular complexity index is 411. The third kappa shape index (κ3) is 9.47. The van der Waals surface area contributed by atoms with E-state index in [4.69, 9.17) is 19.2 Å². The van der Waals surface area contributed by atoms with Crippen molar-refractivity contribution in [1.82, 2.24) is 0 Å². The summed E-state index contributed by atoms with van der Waals surface area (Å²) in [5, 5.41) is 2.44. The van der Waals surface area contributed by atoms with Crippen molar-refractivity contribution in [3.05, 3.63) is 48.5 Å². The van der Waals surface area contributed by atoms with Gasteiger partial charge in [0.25, 0.3) is 0 Å². The molecular weight excluding hydrogens is 254 g/mol. The third-order valence-electron chi connectivity index (χ3n) is 1.57. The minimum absolute atomic E-state index is 0. The normalized spacial score (nSPS) is 9.35. The summed E-state index contributed by atoms with van der Waals surface area (Å²) in [6, 6.07) is 17.4. The molecule has 0 aromatic heterocycles. The minimum atomic E-state index is -4.64. The van der Waals surface area contributed by atoms with E-state index in [0.717, 1.165) is 0 Å². The van der Waals surface area contributed by atoms with E-state index in [1.54, 1.807) is 0 Å². The first-order valence-electron chi connectivity index (χ1n) is 4.10. The summed E-state index contributed by atoms with van der Waals surface area (Å²) in [4.78, 5) is 21.6. The number of hydrogen-bond donors (Lipinski definition) is 3. The van der Waals surface area contributed by atoms with Gasteiger partial charge in [-0.1, -0.05) is 12.1 Å². The van der Waals surface area contributed by atoms with Crippen LogP contribution in [0.3, 0.4) is 0 Å². The van der Waals surface area contributed by atoms with Crippen molar-refractivity contribution >= 4 is 18.6 Å². The van der Waals surface area contributed by atoms with Crippen molar-refractivity contribution in [3.63, 3.8) is 0 Å². The summed E-state index contributed by atoms with van der Waals surface area (Å²) < 4.78 is 8.88. The molecule has 0 spiro atoms. The van der Waals surface area contributed by atoms with Gasteiger partial charge in [-0.3, -0.25) is 0 Å². The third-order valence-corrected chi connectivity index (χ3v) is 1.57. The van der Waals surface area contributed by atoms with E-state index in [9.17, 15) is 0 Å². The van der Waals surface area contributed by atoms with E-state index in [-0.39, 0.29) is 35.0 Å². The first kappa shape index (κ1) is 19.1. The predicted octanol–water partition coefficient (Wildman–Crippen LogP) is -2.11. The maximum Gasteiger partial charge on any atom is 1.00 e. The quantitative estimate of drug-likeness (QED) is 0.288. The number of benzene rings is 2. The summed E-state index contributed by atoms with van der Waals surface area (Å²) in [5.74, 6) is 0. The van der Waals surface area contributed by atoms with Crippen LogP contribution in [0.1, 0.15) is 0 Å². The minimum Gasteiger partial charge on any atom is -0.412 e. The van der Waals surface area contributed by atoms with Crippen molar-refractivity contribution in [2.24, 2.45) is 0 Å². The first-order valence-corrected chi connectivity index (χ1v) is 5.67. The van der Waals surface area contributed by atoms with E-state index in [1.165, 1.54) is 10.8 Å². The van der Waals surface area contributed by atoms with Crippen LogP contribution < -0.4 is 29.6 Å². The number of hydrogen-bond acceptors (Lipinski definition) is 1. The summed E-state index contributed by atoms with van der Waals surface area (Å²) >= 11 is 0. The number of phosphoric acid groups is 1. The molecule has 0 saturated carbocycles. The second-order valence-corrected chi connectivity index (χ2v) is 3.80. The molecule has 2 aromatic carbocycles. The van der Waals surface area contributed by atoms with E-state index in [1.807, 2.05) is 24.3 Å². The van der Waals surface area contributed by atoms with Crippen molar-refractivity contribution in [2.75, 3.05) is 0 Å². The van der Waals surface area contributed by atoms with Gasteiger partial charge in [0.15, 0.2) is 0 Å². The molecule has 17 heavy (non-hydrogen) atoms. The Morgan fingerprint density at radius 2 is 1.47 bits per heavy atom. The molecule has 0 saturated heterocycles. The zero-order valence-electron chi connectivity index (χ0n) is 9.24. The van der Waals surface area contributed by atoms with Crippen LogP contribution in [-0.2, 0) is 4.57 Å². The monoisotopic (exact) mass is 266 g/mol. The molecule has 5 N–H and O–H groups in total. The van der Waals surface area contributed by atoms with Crippen LogP contribution in [-0.4, -0.2) is 20.2 Å². The predicted molar refractivity (Wildman–Crippen MR) is 60.7 cm³/mol. The number of fused-ring (bicyclic) bond motifs is 1. The van der Waals surface area contributed by atoms with Gasteiger partial charge in [-0.05, 0) is 0 Å². The molecule has 0 radical (unpaired) electrons. The zero-order chi connectivity index (χ0) is 11.3. The molecule has 2 rings (SSSR count). The largest absolute Gasteiger partial charge is 1.00 e. The van der Waals surface area contributed by atoms with Crippen LogP contribution in [0.5, 0.6) is 0 Å². The Balaban J connectivity index is 0. The van der Waals surface area contributed by atoms with E-state index < -0.39 is 7.82 Å². The maximum absolute atomic E-state index is 8.88. The maximum atomic E-state index is 8.88. The van der Waals surface area contributed by atoms with Gasteiger partial charge in [0.05, 0.1) is 0 Å². The van der Waals surface area contributed by atoms with Gasteiger partial charge in [-0.15, -0.1) is 47.2 Å². The molecule has 7 heteroatoms. The van der Waals surface area contributed by atoms with Gasteiger partial charge in [0.2, 0.25) is 0 Å². The molecular formula is C10H12NaO5P. The van der Waals surface area contributed by atoms with Gasteiger partial charge in [-0.25, -0.2) is 4.57 Å². The molecule has 0 unspecified atom stereocenters. The van der Waals surface area contributed by atoms with Crippen LogP contribution in [0.2, 0.25) is 0 Å². The molecule has 0 atom stereocenters.